The number of hydrogen-bond donors (Lipinski definition) is 3. The third-order valence-electron chi connectivity index (χ3n) is 14.4. The summed E-state index contributed by atoms with van der Waals surface area (Å²) in [7, 11) is 2.13. The van der Waals surface area contributed by atoms with Crippen molar-refractivity contribution < 1.29 is 35.9 Å². The number of pyridine rings is 2. The number of likely N-dealkylation sites (tertiary alicyclic amines) is 1. The quantitative estimate of drug-likeness (QED) is 0.0956. The number of rotatable bonds is 9. The van der Waals surface area contributed by atoms with Gasteiger partial charge in [-0.1, -0.05) is 24.0 Å². The second kappa shape index (κ2) is 25.1. The summed E-state index contributed by atoms with van der Waals surface area (Å²) >= 11 is 0. The second-order valence-corrected chi connectivity index (χ2v) is 20.4. The fraction of sp³-hybridized carbons (Fsp3) is 0.322. The van der Waals surface area contributed by atoms with E-state index < -0.39 is 35.3 Å². The first-order chi connectivity index (χ1) is 39.5. The lowest BCUT2D eigenvalue weighted by Crippen LogP contribution is -2.52. The van der Waals surface area contributed by atoms with Gasteiger partial charge < -0.3 is 20.9 Å². The smallest absolute Gasteiger partial charge is 0.322 e. The standard InChI is InChI=1S/C32H33F3N8O.C27H24F3N7O/c1-40-13-15-42(16-14-40)27-8-11-41(12-9-27)22-24-5-6-26(18-29(24)32(33,34)35)39-31(44)25-17-23(19-36-20-25)4-7-28-21-37-30-3-2-10-38-43(28)30;1-18-16-36(10-9-32-18)17-20-5-6-22(12-24(20)27(28,29)30)35-26(38)21-11-19(13-31-14-21)4-7-23-15-33-25-3-2-8-34-37(23)25/h2-3,5-6,10,17-21,27H,8-9,11-16,22H2,1H3,(H,39,44);2-3,5-6,8,11-15,18,32H,9-10,16-17H2,1H3,(H,35,38)/t;18-/m.1/s1. The van der Waals surface area contributed by atoms with Crippen LogP contribution in [0.2, 0.25) is 0 Å². The molecule has 3 fully saturated rings. The molecule has 11 rings (SSSR count). The summed E-state index contributed by atoms with van der Waals surface area (Å²) < 4.78 is 87.3. The van der Waals surface area contributed by atoms with Gasteiger partial charge in [-0.15, -0.1) is 0 Å². The van der Waals surface area contributed by atoms with Crippen molar-refractivity contribution >= 4 is 34.5 Å². The van der Waals surface area contributed by atoms with E-state index in [1.54, 1.807) is 58.1 Å². The van der Waals surface area contributed by atoms with Gasteiger partial charge in [0, 0.05) is 131 Å². The number of aromatic nitrogens is 8. The first-order valence-electron chi connectivity index (χ1n) is 26.6. The predicted molar refractivity (Wildman–Crippen MR) is 295 cm³/mol. The molecule has 3 aliphatic rings. The largest absolute Gasteiger partial charge is 0.416 e. The molecule has 0 saturated carbocycles. The fourth-order valence-electron chi connectivity index (χ4n) is 10.2. The molecule has 0 unspecified atom stereocenters. The number of carbonyl (C=O) groups excluding carboxylic acids is 2. The number of halogens is 6. The van der Waals surface area contributed by atoms with Crippen LogP contribution in [-0.2, 0) is 25.4 Å². The summed E-state index contributed by atoms with van der Waals surface area (Å²) in [5, 5.41) is 16.8. The van der Waals surface area contributed by atoms with Gasteiger partial charge in [0.05, 0.1) is 34.6 Å². The van der Waals surface area contributed by atoms with Crippen molar-refractivity contribution in [2.45, 2.75) is 57.3 Å². The van der Waals surface area contributed by atoms with Crippen LogP contribution in [0.25, 0.3) is 11.3 Å². The number of nitrogens with zero attached hydrogens (tertiary/aromatic N) is 12. The van der Waals surface area contributed by atoms with Crippen molar-refractivity contribution in [2.24, 2.45) is 0 Å². The average molecular weight is 1120 g/mol. The number of carbonyl (C=O) groups is 2. The molecular weight excluding hydrogens is 1060 g/mol. The number of alkyl halides is 6. The summed E-state index contributed by atoms with van der Waals surface area (Å²) in [4.78, 5) is 51.4. The molecule has 8 aromatic rings. The van der Waals surface area contributed by atoms with Gasteiger partial charge in [-0.05, 0) is 124 Å². The first-order valence-corrected chi connectivity index (χ1v) is 26.6. The van der Waals surface area contributed by atoms with Gasteiger partial charge in [0.2, 0.25) is 0 Å². The van der Waals surface area contributed by atoms with Crippen LogP contribution in [0.15, 0.2) is 122 Å². The van der Waals surface area contributed by atoms with E-state index in [0.717, 1.165) is 70.8 Å². The van der Waals surface area contributed by atoms with E-state index in [-0.39, 0.29) is 52.8 Å². The Morgan fingerprint density at radius 1 is 0.610 bits per heavy atom. The zero-order valence-electron chi connectivity index (χ0n) is 44.8. The van der Waals surface area contributed by atoms with Gasteiger partial charge in [-0.25, -0.2) is 19.0 Å². The zero-order chi connectivity index (χ0) is 57.4. The minimum absolute atomic E-state index is 0.0491. The van der Waals surface area contributed by atoms with Crippen molar-refractivity contribution in [1.82, 2.24) is 64.1 Å². The number of imidazole rings is 2. The van der Waals surface area contributed by atoms with Gasteiger partial charge in [0.1, 0.15) is 11.4 Å². The van der Waals surface area contributed by atoms with E-state index in [1.165, 1.54) is 61.2 Å². The number of piperazine rings is 2. The Morgan fingerprint density at radius 3 is 1.60 bits per heavy atom. The number of amides is 2. The van der Waals surface area contributed by atoms with Gasteiger partial charge >= 0.3 is 12.4 Å². The van der Waals surface area contributed by atoms with E-state index in [9.17, 15) is 35.9 Å². The predicted octanol–water partition coefficient (Wildman–Crippen LogP) is 7.60. The summed E-state index contributed by atoms with van der Waals surface area (Å²) in [5.41, 5.74) is 2.67. The lowest BCUT2D eigenvalue weighted by atomic mass is 10.00. The lowest BCUT2D eigenvalue weighted by Gasteiger charge is -2.42. The Bertz CT molecular complexity index is 3710. The third kappa shape index (κ3) is 14.3. The Kier molecular flexibility index (Phi) is 17.3. The molecule has 3 N–H and O–H groups in total. The van der Waals surface area contributed by atoms with Gasteiger partial charge in [0.15, 0.2) is 11.3 Å². The van der Waals surface area contributed by atoms with Gasteiger partial charge in [-0.3, -0.25) is 34.3 Å². The van der Waals surface area contributed by atoms with Crippen LogP contribution in [0, 0.1) is 23.7 Å². The number of fused-ring (bicyclic) bond motifs is 2. The summed E-state index contributed by atoms with van der Waals surface area (Å²) in [6.07, 6.45) is 4.90. The monoisotopic (exact) mass is 1120 g/mol. The number of piperidine rings is 1. The molecule has 23 heteroatoms. The highest BCUT2D eigenvalue weighted by molar-refractivity contribution is 6.05. The van der Waals surface area contributed by atoms with Crippen LogP contribution in [0.1, 0.15) is 85.2 Å². The highest BCUT2D eigenvalue weighted by Gasteiger charge is 2.36. The molecule has 82 heavy (non-hydrogen) atoms. The van der Waals surface area contributed by atoms with Crippen LogP contribution in [-0.4, -0.2) is 149 Å². The highest BCUT2D eigenvalue weighted by atomic mass is 19.4. The topological polar surface area (TPSA) is 169 Å². The van der Waals surface area contributed by atoms with Crippen molar-refractivity contribution in [3.05, 3.63) is 178 Å². The SMILES string of the molecule is CN1CCN(C2CCN(Cc3ccc(NC(=O)c4cncc(C#Cc5cnc6cccnn56)c4)cc3C(F)(F)F)CC2)CC1.C[C@@H]1CN(Cc2ccc(NC(=O)c3cncc(C#Cc4cnc5cccnn45)c3)cc2C(F)(F)F)CCN1. The minimum atomic E-state index is -4.56. The molecule has 1 atom stereocenters. The first kappa shape index (κ1) is 56.7. The minimum Gasteiger partial charge on any atom is -0.322 e. The molecule has 6 aromatic heterocycles. The molecule has 9 heterocycles. The van der Waals surface area contributed by atoms with E-state index in [0.29, 0.717) is 52.9 Å². The molecule has 422 valence electrons. The van der Waals surface area contributed by atoms with Crippen molar-refractivity contribution in [3.63, 3.8) is 0 Å². The average Bonchev–Trinajstić information content (AvgIpc) is 4.12. The number of hydrogen-bond acceptors (Lipinski definition) is 13. The fourth-order valence-corrected chi connectivity index (χ4v) is 10.2. The normalized spacial score (nSPS) is 16.8. The van der Waals surface area contributed by atoms with Gasteiger partial charge in [-0.2, -0.15) is 36.5 Å². The highest BCUT2D eigenvalue weighted by Crippen LogP contribution is 2.36. The molecule has 0 radical (unpaired) electrons. The third-order valence-corrected chi connectivity index (χ3v) is 14.4. The maximum Gasteiger partial charge on any atom is 0.416 e. The Balaban J connectivity index is 0.000000186. The molecule has 3 aliphatic heterocycles. The molecule has 2 aromatic carbocycles. The second-order valence-electron chi connectivity index (χ2n) is 20.4. The lowest BCUT2D eigenvalue weighted by molar-refractivity contribution is -0.139. The van der Waals surface area contributed by atoms with E-state index >= 15 is 0 Å². The zero-order valence-corrected chi connectivity index (χ0v) is 44.8. The molecule has 0 bridgehead atoms. The van der Waals surface area contributed by atoms with E-state index in [4.69, 9.17) is 0 Å². The summed E-state index contributed by atoms with van der Waals surface area (Å²) in [5.74, 6) is 10.6. The van der Waals surface area contributed by atoms with Crippen molar-refractivity contribution in [1.29, 1.82) is 0 Å². The molecule has 0 aliphatic carbocycles. The number of benzene rings is 2. The van der Waals surface area contributed by atoms with E-state index in [2.05, 4.69) is 91.5 Å². The number of nitrogens with one attached hydrogen (secondary N) is 3. The number of likely N-dealkylation sites (N-methyl/N-ethyl adjacent to an activating group) is 1. The Hall–Kier alpha value is -8.58. The summed E-state index contributed by atoms with van der Waals surface area (Å²) in [6.45, 7) is 10.2. The van der Waals surface area contributed by atoms with E-state index in [1.807, 2.05) is 11.8 Å². The van der Waals surface area contributed by atoms with Crippen LogP contribution in [0.5, 0.6) is 0 Å². The van der Waals surface area contributed by atoms with Crippen LogP contribution >= 0.6 is 0 Å². The molecule has 3 saturated heterocycles. The number of anilines is 2. The van der Waals surface area contributed by atoms with Crippen LogP contribution in [0.3, 0.4) is 0 Å². The Labute approximate surface area is 468 Å². The van der Waals surface area contributed by atoms with Crippen molar-refractivity contribution in [3.8, 4) is 23.7 Å². The maximum atomic E-state index is 14.2. The van der Waals surface area contributed by atoms with Crippen LogP contribution < -0.4 is 16.0 Å². The molecule has 2 amide bonds. The van der Waals surface area contributed by atoms with Gasteiger partial charge in [0.25, 0.3) is 11.8 Å². The molecular formula is C59H57F6N15O2. The molecule has 0 spiro atoms. The maximum absolute atomic E-state index is 14.2. The summed E-state index contributed by atoms with van der Waals surface area (Å²) in [6, 6.07) is 18.8. The Morgan fingerprint density at radius 2 is 1.11 bits per heavy atom. The van der Waals surface area contributed by atoms with Crippen LogP contribution in [0.4, 0.5) is 37.7 Å². The molecule has 17 nitrogen and oxygen atoms in total. The van der Waals surface area contributed by atoms with Crippen molar-refractivity contribution in [2.75, 3.05) is 76.6 Å².